The van der Waals surface area contributed by atoms with Gasteiger partial charge in [0.15, 0.2) is 0 Å². The summed E-state index contributed by atoms with van der Waals surface area (Å²) in [4.78, 5) is 4.46. The van der Waals surface area contributed by atoms with Crippen molar-refractivity contribution in [2.75, 3.05) is 19.6 Å². The molecule has 1 aliphatic heterocycles. The molecule has 2 aromatic rings. The zero-order valence-corrected chi connectivity index (χ0v) is 13.5. The van der Waals surface area contributed by atoms with Gasteiger partial charge in [0.05, 0.1) is 4.90 Å². The number of nitrogens with one attached hydrogen (secondary N) is 1. The first-order valence-corrected chi connectivity index (χ1v) is 9.14. The zero-order chi connectivity index (χ0) is 15.6. The Morgan fingerprint density at radius 2 is 2.23 bits per heavy atom. The highest BCUT2D eigenvalue weighted by atomic mass is 32.2. The standard InChI is InChI=1S/C16H21N3O2S/c1-2-10-19(14-6-8-18-12-14)22(20,21)16-5-3-4-13-11-17-9-7-15(13)16/h3-5,7,9,11,14,18H,2,6,8,10,12H2,1H3. The molecule has 1 fully saturated rings. The zero-order valence-electron chi connectivity index (χ0n) is 12.7. The van der Waals surface area contributed by atoms with Crippen LogP contribution in [-0.2, 0) is 10.0 Å². The summed E-state index contributed by atoms with van der Waals surface area (Å²) in [6.07, 6.45) is 5.02. The third-order valence-electron chi connectivity index (χ3n) is 4.11. The lowest BCUT2D eigenvalue weighted by atomic mass is 10.2. The van der Waals surface area contributed by atoms with E-state index in [4.69, 9.17) is 0 Å². The van der Waals surface area contributed by atoms with Gasteiger partial charge in [-0.25, -0.2) is 8.42 Å². The van der Waals surface area contributed by atoms with Gasteiger partial charge in [0.1, 0.15) is 0 Å². The molecule has 118 valence electrons. The number of hydrogen-bond acceptors (Lipinski definition) is 4. The van der Waals surface area contributed by atoms with Crippen molar-refractivity contribution in [3.8, 4) is 0 Å². The summed E-state index contributed by atoms with van der Waals surface area (Å²) in [5.74, 6) is 0. The van der Waals surface area contributed by atoms with Gasteiger partial charge in [0.2, 0.25) is 10.0 Å². The molecule has 1 aromatic heterocycles. The van der Waals surface area contributed by atoms with Crippen LogP contribution in [-0.4, -0.2) is 43.4 Å². The molecule has 5 nitrogen and oxygen atoms in total. The molecule has 2 heterocycles. The number of aromatic nitrogens is 1. The SMILES string of the molecule is CCCN(C1CCNC1)S(=O)(=O)c1cccc2cnccc12. The predicted molar refractivity (Wildman–Crippen MR) is 87.2 cm³/mol. The van der Waals surface area contributed by atoms with E-state index < -0.39 is 10.0 Å². The van der Waals surface area contributed by atoms with Gasteiger partial charge in [-0.3, -0.25) is 4.98 Å². The second kappa shape index (κ2) is 6.32. The molecular formula is C16H21N3O2S. The molecule has 6 heteroatoms. The highest BCUT2D eigenvalue weighted by Gasteiger charge is 2.33. The third-order valence-corrected chi connectivity index (χ3v) is 6.12. The molecule has 1 aliphatic rings. The fourth-order valence-corrected chi connectivity index (χ4v) is 5.01. The van der Waals surface area contributed by atoms with Crippen molar-refractivity contribution < 1.29 is 8.42 Å². The Hall–Kier alpha value is -1.50. The fraction of sp³-hybridized carbons (Fsp3) is 0.438. The van der Waals surface area contributed by atoms with Crippen LogP contribution < -0.4 is 5.32 Å². The normalized spacial score (nSPS) is 19.1. The number of hydrogen-bond donors (Lipinski definition) is 1. The van der Waals surface area contributed by atoms with Crippen LogP contribution in [0.5, 0.6) is 0 Å². The van der Waals surface area contributed by atoms with Crippen LogP contribution in [0.15, 0.2) is 41.6 Å². The molecule has 1 atom stereocenters. The minimum absolute atomic E-state index is 0.0436. The molecule has 0 aliphatic carbocycles. The topological polar surface area (TPSA) is 62.3 Å². The summed E-state index contributed by atoms with van der Waals surface area (Å²) in [5.41, 5.74) is 0. The summed E-state index contributed by atoms with van der Waals surface area (Å²) in [6.45, 7) is 4.17. The number of fused-ring (bicyclic) bond motifs is 1. The molecule has 0 spiro atoms. The van der Waals surface area contributed by atoms with Crippen LogP contribution in [0.3, 0.4) is 0 Å². The lowest BCUT2D eigenvalue weighted by molar-refractivity contribution is 0.335. The highest BCUT2D eigenvalue weighted by Crippen LogP contribution is 2.27. The Kier molecular flexibility index (Phi) is 4.42. The van der Waals surface area contributed by atoms with Gasteiger partial charge in [0, 0.05) is 42.3 Å². The molecule has 0 saturated carbocycles. The molecule has 1 aromatic carbocycles. The molecular weight excluding hydrogens is 298 g/mol. The Labute approximate surface area is 131 Å². The number of benzene rings is 1. The first-order chi connectivity index (χ1) is 10.6. The largest absolute Gasteiger partial charge is 0.315 e. The summed E-state index contributed by atoms with van der Waals surface area (Å²) >= 11 is 0. The Morgan fingerprint density at radius 3 is 2.95 bits per heavy atom. The monoisotopic (exact) mass is 319 g/mol. The molecule has 22 heavy (non-hydrogen) atoms. The first-order valence-electron chi connectivity index (χ1n) is 7.70. The number of nitrogens with zero attached hydrogens (tertiary/aromatic N) is 2. The third kappa shape index (κ3) is 2.74. The van der Waals surface area contributed by atoms with E-state index in [1.54, 1.807) is 34.9 Å². The van der Waals surface area contributed by atoms with E-state index >= 15 is 0 Å². The number of pyridine rings is 1. The van der Waals surface area contributed by atoms with E-state index in [0.717, 1.165) is 36.7 Å². The first kappa shape index (κ1) is 15.4. The van der Waals surface area contributed by atoms with Crippen molar-refractivity contribution >= 4 is 20.8 Å². The van der Waals surface area contributed by atoms with Crippen molar-refractivity contribution in [1.82, 2.24) is 14.6 Å². The van der Waals surface area contributed by atoms with Crippen molar-refractivity contribution in [3.63, 3.8) is 0 Å². The molecule has 1 unspecified atom stereocenters. The summed E-state index contributed by atoms with van der Waals surface area (Å²) in [6, 6.07) is 7.19. The van der Waals surface area contributed by atoms with Crippen molar-refractivity contribution in [3.05, 3.63) is 36.7 Å². The van der Waals surface area contributed by atoms with Crippen LogP contribution in [0.2, 0.25) is 0 Å². The van der Waals surface area contributed by atoms with Gasteiger partial charge >= 0.3 is 0 Å². The lowest BCUT2D eigenvalue weighted by Crippen LogP contribution is -2.42. The molecule has 3 rings (SSSR count). The van der Waals surface area contributed by atoms with Crippen LogP contribution in [0.1, 0.15) is 19.8 Å². The van der Waals surface area contributed by atoms with Crippen molar-refractivity contribution in [2.45, 2.75) is 30.7 Å². The molecule has 0 bridgehead atoms. The van der Waals surface area contributed by atoms with Crippen LogP contribution in [0.4, 0.5) is 0 Å². The van der Waals surface area contributed by atoms with E-state index in [2.05, 4.69) is 10.3 Å². The maximum atomic E-state index is 13.2. The lowest BCUT2D eigenvalue weighted by Gasteiger charge is -2.27. The number of sulfonamides is 1. The Balaban J connectivity index is 2.09. The second-order valence-corrected chi connectivity index (χ2v) is 7.47. The van der Waals surface area contributed by atoms with E-state index in [-0.39, 0.29) is 6.04 Å². The van der Waals surface area contributed by atoms with Gasteiger partial charge in [-0.05, 0) is 31.5 Å². The minimum atomic E-state index is -3.51. The van der Waals surface area contributed by atoms with Gasteiger partial charge in [0.25, 0.3) is 0 Å². The van der Waals surface area contributed by atoms with E-state index in [0.29, 0.717) is 11.4 Å². The van der Waals surface area contributed by atoms with Crippen LogP contribution >= 0.6 is 0 Å². The van der Waals surface area contributed by atoms with Gasteiger partial charge < -0.3 is 5.32 Å². The van der Waals surface area contributed by atoms with Crippen molar-refractivity contribution in [1.29, 1.82) is 0 Å². The minimum Gasteiger partial charge on any atom is -0.315 e. The Bertz CT molecular complexity index is 750. The maximum Gasteiger partial charge on any atom is 0.243 e. The molecule has 1 saturated heterocycles. The van der Waals surface area contributed by atoms with Gasteiger partial charge in [-0.2, -0.15) is 4.31 Å². The maximum absolute atomic E-state index is 13.2. The molecule has 0 amide bonds. The van der Waals surface area contributed by atoms with Crippen LogP contribution in [0.25, 0.3) is 10.8 Å². The second-order valence-electron chi connectivity index (χ2n) is 5.62. The van der Waals surface area contributed by atoms with E-state index in [1.165, 1.54) is 0 Å². The summed E-state index contributed by atoms with van der Waals surface area (Å²) < 4.78 is 28.1. The van der Waals surface area contributed by atoms with Gasteiger partial charge in [-0.15, -0.1) is 0 Å². The predicted octanol–water partition coefficient (Wildman–Crippen LogP) is 2.00. The summed E-state index contributed by atoms with van der Waals surface area (Å²) in [5, 5.41) is 4.85. The molecule has 1 N–H and O–H groups in total. The van der Waals surface area contributed by atoms with Crippen molar-refractivity contribution in [2.24, 2.45) is 0 Å². The summed E-state index contributed by atoms with van der Waals surface area (Å²) in [7, 11) is -3.51. The quantitative estimate of drug-likeness (QED) is 0.915. The number of rotatable bonds is 5. The average molecular weight is 319 g/mol. The fourth-order valence-electron chi connectivity index (χ4n) is 3.05. The van der Waals surface area contributed by atoms with E-state index in [1.807, 2.05) is 13.0 Å². The van der Waals surface area contributed by atoms with E-state index in [9.17, 15) is 8.42 Å². The Morgan fingerprint density at radius 1 is 1.36 bits per heavy atom. The molecule has 0 radical (unpaired) electrons. The average Bonchev–Trinajstić information content (AvgIpc) is 3.05. The van der Waals surface area contributed by atoms with Gasteiger partial charge in [-0.1, -0.05) is 19.1 Å². The smallest absolute Gasteiger partial charge is 0.243 e. The van der Waals surface area contributed by atoms with Crippen LogP contribution in [0, 0.1) is 0 Å². The highest BCUT2D eigenvalue weighted by molar-refractivity contribution is 7.89.